The van der Waals surface area contributed by atoms with Crippen molar-refractivity contribution in [2.75, 3.05) is 20.6 Å². The van der Waals surface area contributed by atoms with Gasteiger partial charge in [0.15, 0.2) is 0 Å². The Morgan fingerprint density at radius 2 is 2.00 bits per heavy atom. The van der Waals surface area contributed by atoms with Crippen molar-refractivity contribution >= 4 is 37.6 Å². The third kappa shape index (κ3) is 8.50. The molecular formula is C7H15Br2NO. The molecule has 11 heavy (non-hydrogen) atoms. The highest BCUT2D eigenvalue weighted by atomic mass is 79.9. The Labute approximate surface area is 87.2 Å². The number of carbonyl (C=O) groups excluding carboxylic acids is 1. The van der Waals surface area contributed by atoms with Crippen molar-refractivity contribution in [1.29, 1.82) is 0 Å². The fourth-order valence-corrected chi connectivity index (χ4v) is 0.794. The molecule has 0 amide bonds. The molecular weight excluding hydrogens is 274 g/mol. The molecule has 1 atom stereocenters. The molecule has 0 saturated heterocycles. The molecule has 0 saturated carbocycles. The van der Waals surface area contributed by atoms with Crippen molar-refractivity contribution in [3.8, 4) is 0 Å². The SMILES string of the molecule is Br.CC(CCN(C)C)C(=O)Br. The smallest absolute Gasteiger partial charge is 0.200 e. The summed E-state index contributed by atoms with van der Waals surface area (Å²) < 4.78 is 0.106. The molecule has 0 aliphatic rings. The number of hydrogen-bond donors (Lipinski definition) is 0. The van der Waals surface area contributed by atoms with Gasteiger partial charge in [0.2, 0.25) is 4.69 Å². The van der Waals surface area contributed by atoms with Gasteiger partial charge in [-0.25, -0.2) is 0 Å². The lowest BCUT2D eigenvalue weighted by atomic mass is 10.1. The highest BCUT2D eigenvalue weighted by Gasteiger charge is 2.08. The van der Waals surface area contributed by atoms with Crippen LogP contribution in [0.3, 0.4) is 0 Å². The van der Waals surface area contributed by atoms with Crippen LogP contribution in [0.4, 0.5) is 0 Å². The Bertz CT molecular complexity index is 117. The van der Waals surface area contributed by atoms with Gasteiger partial charge in [-0.15, -0.1) is 17.0 Å². The van der Waals surface area contributed by atoms with Crippen LogP contribution in [0, 0.1) is 5.92 Å². The summed E-state index contributed by atoms with van der Waals surface area (Å²) in [7, 11) is 4.01. The predicted octanol–water partition coefficient (Wildman–Crippen LogP) is 2.07. The van der Waals surface area contributed by atoms with Crippen molar-refractivity contribution in [2.45, 2.75) is 13.3 Å². The van der Waals surface area contributed by atoms with E-state index in [0.717, 1.165) is 13.0 Å². The van der Waals surface area contributed by atoms with Crippen LogP contribution >= 0.6 is 32.9 Å². The van der Waals surface area contributed by atoms with Crippen LogP contribution < -0.4 is 0 Å². The fraction of sp³-hybridized carbons (Fsp3) is 0.857. The fourth-order valence-electron chi connectivity index (χ4n) is 0.565. The molecule has 2 nitrogen and oxygen atoms in total. The van der Waals surface area contributed by atoms with E-state index in [9.17, 15) is 4.79 Å². The minimum absolute atomic E-state index is 0. The number of nitrogens with zero attached hydrogens (tertiary/aromatic N) is 1. The van der Waals surface area contributed by atoms with Gasteiger partial charge in [0.1, 0.15) is 0 Å². The summed E-state index contributed by atoms with van der Waals surface area (Å²) >= 11 is 2.93. The largest absolute Gasteiger partial charge is 0.309 e. The van der Waals surface area contributed by atoms with Crippen LogP contribution in [0.2, 0.25) is 0 Å². The summed E-state index contributed by atoms with van der Waals surface area (Å²) in [6.07, 6.45) is 0.928. The standard InChI is InChI=1S/C7H14BrNO.BrH/c1-6(7(8)10)4-5-9(2)3;/h6H,4-5H2,1-3H3;1H. The molecule has 0 spiro atoms. The molecule has 4 heteroatoms. The van der Waals surface area contributed by atoms with E-state index in [-0.39, 0.29) is 27.6 Å². The molecule has 0 radical (unpaired) electrons. The lowest BCUT2D eigenvalue weighted by Crippen LogP contribution is -2.17. The summed E-state index contributed by atoms with van der Waals surface area (Å²) in [5, 5.41) is 0. The first-order chi connectivity index (χ1) is 4.54. The Morgan fingerprint density at radius 3 is 2.27 bits per heavy atom. The van der Waals surface area contributed by atoms with Crippen molar-refractivity contribution in [3.63, 3.8) is 0 Å². The molecule has 0 aliphatic carbocycles. The van der Waals surface area contributed by atoms with Crippen molar-refractivity contribution in [2.24, 2.45) is 5.92 Å². The zero-order valence-electron chi connectivity index (χ0n) is 7.13. The molecule has 0 heterocycles. The van der Waals surface area contributed by atoms with Crippen LogP contribution in [0.15, 0.2) is 0 Å². The normalized spacial score (nSPS) is 12.5. The minimum atomic E-state index is 0. The van der Waals surface area contributed by atoms with E-state index < -0.39 is 0 Å². The molecule has 0 aliphatic heterocycles. The average molecular weight is 289 g/mol. The Hall–Kier alpha value is 0.590. The quantitative estimate of drug-likeness (QED) is 0.738. The summed E-state index contributed by atoms with van der Waals surface area (Å²) in [4.78, 5) is 12.7. The van der Waals surface area contributed by atoms with Gasteiger partial charge in [-0.1, -0.05) is 6.92 Å². The first-order valence-electron chi connectivity index (χ1n) is 3.38. The van der Waals surface area contributed by atoms with Crippen LogP contribution in [-0.2, 0) is 4.79 Å². The van der Waals surface area contributed by atoms with Gasteiger partial charge in [-0.3, -0.25) is 4.79 Å². The number of carbonyl (C=O) groups is 1. The molecule has 0 bridgehead atoms. The second kappa shape index (κ2) is 7.25. The van der Waals surface area contributed by atoms with E-state index in [2.05, 4.69) is 20.8 Å². The molecule has 1 unspecified atom stereocenters. The van der Waals surface area contributed by atoms with Gasteiger partial charge in [-0.05, 0) is 43.0 Å². The summed E-state index contributed by atoms with van der Waals surface area (Å²) in [6.45, 7) is 2.90. The monoisotopic (exact) mass is 287 g/mol. The molecule has 0 fully saturated rings. The van der Waals surface area contributed by atoms with Crippen LogP contribution in [0.1, 0.15) is 13.3 Å². The summed E-state index contributed by atoms with van der Waals surface area (Å²) in [5.41, 5.74) is 0. The average Bonchev–Trinajstić information content (AvgIpc) is 1.82. The third-order valence-corrected chi connectivity index (χ3v) is 2.18. The first kappa shape index (κ1) is 14.1. The van der Waals surface area contributed by atoms with Crippen LogP contribution in [-0.4, -0.2) is 30.2 Å². The molecule has 68 valence electrons. The van der Waals surface area contributed by atoms with Gasteiger partial charge < -0.3 is 4.90 Å². The van der Waals surface area contributed by atoms with Gasteiger partial charge in [-0.2, -0.15) is 0 Å². The Kier molecular flexibility index (Phi) is 9.32. The van der Waals surface area contributed by atoms with Crippen molar-refractivity contribution < 1.29 is 4.79 Å². The van der Waals surface area contributed by atoms with Gasteiger partial charge in [0, 0.05) is 5.92 Å². The highest BCUT2D eigenvalue weighted by Crippen LogP contribution is 2.07. The predicted molar refractivity (Wildman–Crippen MR) is 56.6 cm³/mol. The number of halogens is 2. The molecule has 0 aromatic rings. The molecule has 0 rings (SSSR count). The van der Waals surface area contributed by atoms with Crippen LogP contribution in [0.5, 0.6) is 0 Å². The zero-order valence-corrected chi connectivity index (χ0v) is 10.4. The maximum absolute atomic E-state index is 10.7. The topological polar surface area (TPSA) is 20.3 Å². The second-order valence-corrected chi connectivity index (χ2v) is 3.58. The van der Waals surface area contributed by atoms with Crippen molar-refractivity contribution in [1.82, 2.24) is 4.90 Å². The summed E-state index contributed by atoms with van der Waals surface area (Å²) in [5.74, 6) is 0.141. The van der Waals surface area contributed by atoms with E-state index >= 15 is 0 Å². The zero-order chi connectivity index (χ0) is 8.15. The molecule has 0 N–H and O–H groups in total. The first-order valence-corrected chi connectivity index (χ1v) is 4.17. The Balaban J connectivity index is 0. The van der Waals surface area contributed by atoms with E-state index in [1.54, 1.807) is 0 Å². The lowest BCUT2D eigenvalue weighted by molar-refractivity contribution is -0.113. The van der Waals surface area contributed by atoms with Gasteiger partial charge >= 0.3 is 0 Å². The number of rotatable bonds is 4. The van der Waals surface area contributed by atoms with Gasteiger partial charge in [0.25, 0.3) is 0 Å². The van der Waals surface area contributed by atoms with E-state index in [0.29, 0.717) is 0 Å². The van der Waals surface area contributed by atoms with Crippen LogP contribution in [0.25, 0.3) is 0 Å². The highest BCUT2D eigenvalue weighted by molar-refractivity contribution is 9.18. The maximum Gasteiger partial charge on any atom is 0.200 e. The maximum atomic E-state index is 10.7. The summed E-state index contributed by atoms with van der Waals surface area (Å²) in [6, 6.07) is 0. The lowest BCUT2D eigenvalue weighted by Gasteiger charge is -2.11. The number of hydrogen-bond acceptors (Lipinski definition) is 2. The van der Waals surface area contributed by atoms with E-state index in [4.69, 9.17) is 0 Å². The van der Waals surface area contributed by atoms with Gasteiger partial charge in [0.05, 0.1) is 0 Å². The third-order valence-electron chi connectivity index (χ3n) is 1.40. The van der Waals surface area contributed by atoms with E-state index in [1.165, 1.54) is 0 Å². The van der Waals surface area contributed by atoms with E-state index in [1.807, 2.05) is 21.0 Å². The minimum Gasteiger partial charge on any atom is -0.309 e. The van der Waals surface area contributed by atoms with Crippen molar-refractivity contribution in [3.05, 3.63) is 0 Å². The Morgan fingerprint density at radius 1 is 1.55 bits per heavy atom. The molecule has 0 aromatic heterocycles. The second-order valence-electron chi connectivity index (χ2n) is 2.80. The molecule has 0 aromatic carbocycles.